The summed E-state index contributed by atoms with van der Waals surface area (Å²) >= 11 is 9.58. The Morgan fingerprint density at radius 3 is 2.75 bits per heavy atom. The van der Waals surface area contributed by atoms with Gasteiger partial charge in [0.15, 0.2) is 0 Å². The van der Waals surface area contributed by atoms with Crippen LogP contribution in [0.3, 0.4) is 0 Å². The summed E-state index contributed by atoms with van der Waals surface area (Å²) in [7, 11) is 2.00. The van der Waals surface area contributed by atoms with Gasteiger partial charge in [0.2, 0.25) is 0 Å². The second kappa shape index (κ2) is 5.20. The third-order valence-corrected chi connectivity index (χ3v) is 3.98. The molecule has 0 unspecified atom stereocenters. The van der Waals surface area contributed by atoms with E-state index in [0.29, 0.717) is 11.6 Å². The standard InChI is InChI=1S/C15H13BrClN3/c1-20-14-3-2-9(8-18)4-13(14)19-15(20)10-5-11(16)7-12(17)6-10/h2-7H,8,18H2,1H3. The lowest BCUT2D eigenvalue weighted by Gasteiger charge is -2.04. The predicted molar refractivity (Wildman–Crippen MR) is 86.8 cm³/mol. The Morgan fingerprint density at radius 1 is 1.25 bits per heavy atom. The van der Waals surface area contributed by atoms with Crippen LogP contribution in [0.2, 0.25) is 5.02 Å². The van der Waals surface area contributed by atoms with E-state index in [9.17, 15) is 0 Å². The van der Waals surface area contributed by atoms with Gasteiger partial charge < -0.3 is 10.3 Å². The number of benzene rings is 2. The number of imidazole rings is 1. The van der Waals surface area contributed by atoms with Crippen LogP contribution in [-0.2, 0) is 13.6 Å². The molecule has 0 aliphatic rings. The van der Waals surface area contributed by atoms with Crippen LogP contribution in [0.5, 0.6) is 0 Å². The van der Waals surface area contributed by atoms with Crippen LogP contribution in [0.1, 0.15) is 5.56 Å². The highest BCUT2D eigenvalue weighted by Gasteiger charge is 2.11. The highest BCUT2D eigenvalue weighted by Crippen LogP contribution is 2.29. The lowest BCUT2D eigenvalue weighted by molar-refractivity contribution is 0.959. The number of rotatable bonds is 2. The second-order valence-electron chi connectivity index (χ2n) is 4.68. The molecule has 3 nitrogen and oxygen atoms in total. The zero-order chi connectivity index (χ0) is 14.3. The molecule has 0 fully saturated rings. The van der Waals surface area contributed by atoms with Gasteiger partial charge in [0.25, 0.3) is 0 Å². The molecule has 0 aliphatic heterocycles. The minimum atomic E-state index is 0.518. The van der Waals surface area contributed by atoms with Gasteiger partial charge in [-0.15, -0.1) is 0 Å². The van der Waals surface area contributed by atoms with Crippen molar-refractivity contribution in [2.75, 3.05) is 0 Å². The van der Waals surface area contributed by atoms with Crippen LogP contribution < -0.4 is 5.73 Å². The number of fused-ring (bicyclic) bond motifs is 1. The van der Waals surface area contributed by atoms with Crippen molar-refractivity contribution in [2.45, 2.75) is 6.54 Å². The first-order chi connectivity index (χ1) is 9.58. The summed E-state index contributed by atoms with van der Waals surface area (Å²) in [6.07, 6.45) is 0. The van der Waals surface area contributed by atoms with E-state index in [1.807, 2.05) is 43.4 Å². The van der Waals surface area contributed by atoms with E-state index in [2.05, 4.69) is 20.5 Å². The molecule has 0 saturated heterocycles. The van der Waals surface area contributed by atoms with Crippen molar-refractivity contribution < 1.29 is 0 Å². The van der Waals surface area contributed by atoms with Crippen molar-refractivity contribution in [1.82, 2.24) is 9.55 Å². The Morgan fingerprint density at radius 2 is 2.05 bits per heavy atom. The average molecular weight is 351 g/mol. The van der Waals surface area contributed by atoms with Gasteiger partial charge in [-0.05, 0) is 35.9 Å². The van der Waals surface area contributed by atoms with Crippen LogP contribution >= 0.6 is 27.5 Å². The quantitative estimate of drug-likeness (QED) is 0.755. The molecule has 0 amide bonds. The third-order valence-electron chi connectivity index (χ3n) is 3.30. The average Bonchev–Trinajstić information content (AvgIpc) is 2.74. The summed E-state index contributed by atoms with van der Waals surface area (Å²) in [6, 6.07) is 11.9. The summed E-state index contributed by atoms with van der Waals surface area (Å²) in [6.45, 7) is 0.518. The molecule has 2 N–H and O–H groups in total. The largest absolute Gasteiger partial charge is 0.327 e. The lowest BCUT2D eigenvalue weighted by atomic mass is 10.2. The zero-order valence-corrected chi connectivity index (χ0v) is 13.2. The van der Waals surface area contributed by atoms with Gasteiger partial charge in [-0.1, -0.05) is 33.6 Å². The van der Waals surface area contributed by atoms with E-state index in [1.54, 1.807) is 0 Å². The van der Waals surface area contributed by atoms with Gasteiger partial charge in [-0.3, -0.25) is 0 Å². The molecule has 0 aliphatic carbocycles. The number of hydrogen-bond donors (Lipinski definition) is 1. The first-order valence-corrected chi connectivity index (χ1v) is 7.37. The summed E-state index contributed by atoms with van der Waals surface area (Å²) < 4.78 is 3.00. The third kappa shape index (κ3) is 2.35. The molecule has 0 saturated carbocycles. The molecule has 3 rings (SSSR count). The van der Waals surface area contributed by atoms with Crippen molar-refractivity contribution in [3.05, 3.63) is 51.5 Å². The maximum atomic E-state index is 6.12. The first-order valence-electron chi connectivity index (χ1n) is 6.20. The summed E-state index contributed by atoms with van der Waals surface area (Å²) in [5.74, 6) is 0.886. The smallest absolute Gasteiger partial charge is 0.140 e. The maximum Gasteiger partial charge on any atom is 0.140 e. The summed E-state index contributed by atoms with van der Waals surface area (Å²) in [4.78, 5) is 4.70. The molecule has 0 radical (unpaired) electrons. The van der Waals surface area contributed by atoms with Gasteiger partial charge >= 0.3 is 0 Å². The topological polar surface area (TPSA) is 43.8 Å². The molecule has 1 aromatic heterocycles. The summed E-state index contributed by atoms with van der Waals surface area (Å²) in [5.41, 5.74) is 9.76. The highest BCUT2D eigenvalue weighted by atomic mass is 79.9. The SMILES string of the molecule is Cn1c(-c2cc(Cl)cc(Br)c2)nc2cc(CN)ccc21. The monoisotopic (exact) mass is 349 g/mol. The van der Waals surface area contributed by atoms with E-state index in [4.69, 9.17) is 22.3 Å². The molecule has 2 aromatic carbocycles. The molecule has 5 heteroatoms. The molecule has 102 valence electrons. The predicted octanol–water partition coefficient (Wildman–Crippen LogP) is 4.11. The first kappa shape index (κ1) is 13.6. The highest BCUT2D eigenvalue weighted by molar-refractivity contribution is 9.10. The van der Waals surface area contributed by atoms with E-state index in [-0.39, 0.29) is 0 Å². The van der Waals surface area contributed by atoms with E-state index in [0.717, 1.165) is 32.5 Å². The Kier molecular flexibility index (Phi) is 3.54. The van der Waals surface area contributed by atoms with Crippen molar-refractivity contribution in [2.24, 2.45) is 12.8 Å². The van der Waals surface area contributed by atoms with Crippen LogP contribution in [-0.4, -0.2) is 9.55 Å². The number of hydrogen-bond acceptors (Lipinski definition) is 2. The van der Waals surface area contributed by atoms with Gasteiger partial charge in [0.1, 0.15) is 5.82 Å². The number of aromatic nitrogens is 2. The Bertz CT molecular complexity index is 775. The fourth-order valence-corrected chi connectivity index (χ4v) is 3.17. The molecule has 0 bridgehead atoms. The molecule has 0 spiro atoms. The van der Waals surface area contributed by atoms with E-state index < -0.39 is 0 Å². The van der Waals surface area contributed by atoms with Crippen LogP contribution in [0, 0.1) is 0 Å². The molecule has 0 atom stereocenters. The molecule has 3 aromatic rings. The lowest BCUT2D eigenvalue weighted by Crippen LogP contribution is -1.95. The van der Waals surface area contributed by atoms with Crippen molar-refractivity contribution in [3.63, 3.8) is 0 Å². The van der Waals surface area contributed by atoms with Gasteiger partial charge in [0.05, 0.1) is 11.0 Å². The molecular weight excluding hydrogens is 338 g/mol. The van der Waals surface area contributed by atoms with Crippen LogP contribution in [0.15, 0.2) is 40.9 Å². The van der Waals surface area contributed by atoms with Crippen molar-refractivity contribution in [1.29, 1.82) is 0 Å². The normalized spacial score (nSPS) is 11.2. The second-order valence-corrected chi connectivity index (χ2v) is 6.03. The summed E-state index contributed by atoms with van der Waals surface area (Å²) in [5, 5.41) is 0.684. The van der Waals surface area contributed by atoms with Crippen molar-refractivity contribution in [3.8, 4) is 11.4 Å². The Balaban J connectivity index is 2.23. The van der Waals surface area contributed by atoms with E-state index in [1.165, 1.54) is 0 Å². The van der Waals surface area contributed by atoms with Gasteiger partial charge in [0, 0.05) is 28.7 Å². The Hall–Kier alpha value is -1.36. The number of nitrogens with two attached hydrogens (primary N) is 1. The van der Waals surface area contributed by atoms with Gasteiger partial charge in [-0.25, -0.2) is 4.98 Å². The fourth-order valence-electron chi connectivity index (χ4n) is 2.31. The minimum absolute atomic E-state index is 0.518. The molecular formula is C15H13BrClN3. The Labute approximate surface area is 130 Å². The number of aryl methyl sites for hydroxylation is 1. The van der Waals surface area contributed by atoms with Gasteiger partial charge in [-0.2, -0.15) is 0 Å². The maximum absolute atomic E-state index is 6.12. The number of halogens is 2. The van der Waals surface area contributed by atoms with E-state index >= 15 is 0 Å². The fraction of sp³-hybridized carbons (Fsp3) is 0.133. The minimum Gasteiger partial charge on any atom is -0.327 e. The molecule has 1 heterocycles. The molecule has 20 heavy (non-hydrogen) atoms. The van der Waals surface area contributed by atoms with Crippen LogP contribution in [0.25, 0.3) is 22.4 Å². The zero-order valence-electron chi connectivity index (χ0n) is 10.9. The number of nitrogens with zero attached hydrogens (tertiary/aromatic N) is 2. The van der Waals surface area contributed by atoms with Crippen LogP contribution in [0.4, 0.5) is 0 Å². The van der Waals surface area contributed by atoms with Crippen molar-refractivity contribution >= 4 is 38.6 Å².